The van der Waals surface area contributed by atoms with Gasteiger partial charge in [0, 0.05) is 58.1 Å². The molecule has 0 saturated carbocycles. The molecule has 0 N–H and O–H groups in total. The van der Waals surface area contributed by atoms with Crippen LogP contribution in [0.15, 0.2) is 152 Å². The number of hydrogen-bond acceptors (Lipinski definition) is 3. The molecule has 6 atom stereocenters. The average molecular weight is 864 g/mol. The molecule has 9 aromatic rings. The summed E-state index contributed by atoms with van der Waals surface area (Å²) in [7, 11) is -2.60. The molecule has 3 aliphatic rings. The Kier molecular flexibility index (Phi) is 9.02. The SMILES string of the molecule is Cc1cc2c3c(c1)C(C)(C)c1cc(C)cc(c1O3)OP(n1ccc3ccccc31)Cn1cc(c3ccccc31)C1c3ccccc3[C@@H](C)C(CP(n3ccc4ccccc43)O2)C1C. The second-order valence-corrected chi connectivity index (χ2v) is 21.9. The first-order valence-electron chi connectivity index (χ1n) is 22.3. The maximum atomic E-state index is 7.66. The molecule has 3 aromatic heterocycles. The number of fused-ring (bicyclic) bond motifs is 12. The molecule has 0 fully saturated rings. The quantitative estimate of drug-likeness (QED) is 0.163. The van der Waals surface area contributed by atoms with Crippen molar-refractivity contribution in [1.29, 1.82) is 0 Å². The van der Waals surface area contributed by atoms with Crippen LogP contribution < -0.4 is 13.8 Å². The smallest absolute Gasteiger partial charge is 0.216 e. The molecule has 0 spiro atoms. The summed E-state index contributed by atoms with van der Waals surface area (Å²) < 4.78 is 29.8. The first-order chi connectivity index (χ1) is 30.6. The first kappa shape index (κ1) is 38.8. The Balaban J connectivity index is 1.13. The maximum absolute atomic E-state index is 7.66. The van der Waals surface area contributed by atoms with E-state index in [0.717, 1.165) is 56.9 Å². The zero-order chi connectivity index (χ0) is 42.7. The van der Waals surface area contributed by atoms with Crippen LogP contribution in [0.3, 0.4) is 0 Å². The highest BCUT2D eigenvalue weighted by Gasteiger charge is 2.44. The van der Waals surface area contributed by atoms with Gasteiger partial charge in [-0.05, 0) is 113 Å². The van der Waals surface area contributed by atoms with E-state index >= 15 is 0 Å². The van der Waals surface area contributed by atoms with Crippen molar-refractivity contribution in [2.45, 2.75) is 65.1 Å². The summed E-state index contributed by atoms with van der Waals surface area (Å²) in [6.45, 7) is 14.0. The lowest BCUT2D eigenvalue weighted by atomic mass is 9.63. The lowest BCUT2D eigenvalue weighted by Gasteiger charge is -2.43. The number of benzene rings is 6. The molecule has 2 aliphatic heterocycles. The number of hydrogen-bond donors (Lipinski definition) is 0. The van der Waals surface area contributed by atoms with E-state index in [2.05, 4.69) is 207 Å². The van der Waals surface area contributed by atoms with Gasteiger partial charge in [-0.25, -0.2) is 0 Å². The summed E-state index contributed by atoms with van der Waals surface area (Å²) in [6.07, 6.45) is 8.45. The predicted octanol–water partition coefficient (Wildman–Crippen LogP) is 15.2. The second-order valence-electron chi connectivity index (χ2n) is 18.6. The van der Waals surface area contributed by atoms with Gasteiger partial charge in [-0.3, -0.25) is 8.68 Å². The monoisotopic (exact) mass is 863 g/mol. The van der Waals surface area contributed by atoms with Gasteiger partial charge < -0.3 is 18.4 Å². The molecule has 6 nitrogen and oxygen atoms in total. The first-order valence-corrected chi connectivity index (χ1v) is 25.1. The summed E-state index contributed by atoms with van der Waals surface area (Å²) >= 11 is 0. The van der Waals surface area contributed by atoms with E-state index in [1.807, 2.05) is 0 Å². The molecule has 8 heteroatoms. The van der Waals surface area contributed by atoms with Gasteiger partial charge in [-0.1, -0.05) is 119 Å². The molecule has 6 bridgehead atoms. The van der Waals surface area contributed by atoms with E-state index in [1.54, 1.807) is 0 Å². The highest BCUT2D eigenvalue weighted by Crippen LogP contribution is 2.61. The van der Waals surface area contributed by atoms with Gasteiger partial charge in [0.2, 0.25) is 8.30 Å². The molecular formula is C55H51N3O3P2. The summed E-state index contributed by atoms with van der Waals surface area (Å²) in [4.78, 5) is 0. The third kappa shape index (κ3) is 6.12. The van der Waals surface area contributed by atoms with Crippen LogP contribution in [-0.4, -0.2) is 19.4 Å². The molecule has 5 heterocycles. The Morgan fingerprint density at radius 3 is 1.78 bits per heavy atom. The van der Waals surface area contributed by atoms with Crippen LogP contribution >= 0.6 is 16.6 Å². The molecule has 0 amide bonds. The van der Waals surface area contributed by atoms with Crippen molar-refractivity contribution in [3.05, 3.63) is 191 Å². The Morgan fingerprint density at radius 2 is 1.13 bits per heavy atom. The molecule has 5 unspecified atom stereocenters. The van der Waals surface area contributed by atoms with Crippen LogP contribution in [0.4, 0.5) is 0 Å². The Labute approximate surface area is 371 Å². The molecular weight excluding hydrogens is 813 g/mol. The van der Waals surface area contributed by atoms with Crippen LogP contribution in [0.5, 0.6) is 23.0 Å². The van der Waals surface area contributed by atoms with Crippen molar-refractivity contribution >= 4 is 49.3 Å². The minimum atomic E-state index is -1.34. The van der Waals surface area contributed by atoms with Gasteiger partial charge in [0.05, 0.1) is 17.3 Å². The van der Waals surface area contributed by atoms with Crippen LogP contribution in [-0.2, 0) is 11.7 Å². The molecule has 0 saturated heterocycles. The standard InChI is InChI=1S/C55H51N3O3P2/c1-34-27-45-53-50(29-34)60-62(57-25-23-38-15-7-12-20-47(38)57)32-44-36(3)40-17-9-10-19-42(40)52(37(44)4)43-31-56(49-22-14-11-18-41(43)49)33-63(58-26-24-39-16-8-13-21-48(39)58)61-51-30-35(2)28-46(54(51)59-53)55(45,5)6/h7-31,36-37,44,52H,32-33H2,1-6H3/t36-,37?,44?,52?,62?,63?/m1/s1. The van der Waals surface area contributed by atoms with Crippen molar-refractivity contribution in [2.24, 2.45) is 11.8 Å². The van der Waals surface area contributed by atoms with Crippen LogP contribution in [0.2, 0.25) is 0 Å². The summed E-state index contributed by atoms with van der Waals surface area (Å²) in [5.74, 6) is 4.22. The number of para-hydroxylation sites is 3. The van der Waals surface area contributed by atoms with E-state index in [-0.39, 0.29) is 5.92 Å². The fourth-order valence-corrected chi connectivity index (χ4v) is 15.3. The Bertz CT molecular complexity index is 3270. The lowest BCUT2D eigenvalue weighted by Crippen LogP contribution is -2.33. The lowest BCUT2D eigenvalue weighted by molar-refractivity contribution is 0.285. The van der Waals surface area contributed by atoms with E-state index in [0.29, 0.717) is 24.0 Å². The fraction of sp³-hybridized carbons (Fsp3) is 0.236. The van der Waals surface area contributed by atoms with Crippen LogP contribution in [0, 0.1) is 25.7 Å². The third-order valence-corrected chi connectivity index (χ3v) is 18.2. The molecule has 0 radical (unpaired) electrons. The summed E-state index contributed by atoms with van der Waals surface area (Å²) in [6, 6.07) is 49.0. The van der Waals surface area contributed by atoms with Crippen molar-refractivity contribution in [2.75, 3.05) is 6.16 Å². The zero-order valence-corrected chi connectivity index (χ0v) is 38.4. The summed E-state index contributed by atoms with van der Waals surface area (Å²) in [5, 5.41) is 3.71. The van der Waals surface area contributed by atoms with Crippen molar-refractivity contribution < 1.29 is 13.8 Å². The van der Waals surface area contributed by atoms with E-state index in [4.69, 9.17) is 13.8 Å². The average Bonchev–Trinajstić information content (AvgIpc) is 4.01. The van der Waals surface area contributed by atoms with Crippen molar-refractivity contribution in [1.82, 2.24) is 13.2 Å². The largest absolute Gasteiger partial charge is 0.449 e. The van der Waals surface area contributed by atoms with Gasteiger partial charge in [-0.2, -0.15) is 0 Å². The highest BCUT2D eigenvalue weighted by molar-refractivity contribution is 7.51. The Morgan fingerprint density at radius 1 is 0.587 bits per heavy atom. The van der Waals surface area contributed by atoms with Crippen LogP contribution in [0.25, 0.3) is 32.7 Å². The van der Waals surface area contributed by atoms with Gasteiger partial charge in [0.15, 0.2) is 31.3 Å². The van der Waals surface area contributed by atoms with Gasteiger partial charge in [-0.15, -0.1) is 0 Å². The third-order valence-electron chi connectivity index (χ3n) is 14.5. The van der Waals surface area contributed by atoms with Gasteiger partial charge >= 0.3 is 0 Å². The summed E-state index contributed by atoms with van der Waals surface area (Å²) in [5.41, 5.74) is 12.0. The molecule has 314 valence electrons. The number of aromatic nitrogens is 3. The predicted molar refractivity (Wildman–Crippen MR) is 260 cm³/mol. The van der Waals surface area contributed by atoms with E-state index in [9.17, 15) is 0 Å². The zero-order valence-electron chi connectivity index (χ0n) is 36.6. The van der Waals surface area contributed by atoms with E-state index in [1.165, 1.54) is 43.9 Å². The minimum absolute atomic E-state index is 0.181. The van der Waals surface area contributed by atoms with Crippen LogP contribution in [0.1, 0.15) is 78.5 Å². The van der Waals surface area contributed by atoms with Gasteiger partial charge in [0.25, 0.3) is 0 Å². The number of nitrogens with zero attached hydrogens (tertiary/aromatic N) is 3. The number of aryl methyl sites for hydroxylation is 2. The molecule has 63 heavy (non-hydrogen) atoms. The normalized spacial score (nSPS) is 22.5. The molecule has 6 aromatic carbocycles. The minimum Gasteiger partial charge on any atom is -0.449 e. The van der Waals surface area contributed by atoms with E-state index < -0.39 is 22.0 Å². The maximum Gasteiger partial charge on any atom is 0.216 e. The molecule has 12 rings (SSSR count). The Hall–Kier alpha value is -5.80. The highest BCUT2D eigenvalue weighted by atomic mass is 31.2. The van der Waals surface area contributed by atoms with Gasteiger partial charge in [0.1, 0.15) is 0 Å². The second kappa shape index (κ2) is 14.6. The number of rotatable bonds is 2. The van der Waals surface area contributed by atoms with Crippen molar-refractivity contribution in [3.8, 4) is 23.0 Å². The van der Waals surface area contributed by atoms with Crippen molar-refractivity contribution in [3.63, 3.8) is 0 Å². The molecule has 1 aliphatic carbocycles. The fourth-order valence-electron chi connectivity index (χ4n) is 11.2. The topological polar surface area (TPSA) is 42.5 Å². The number of ether oxygens (including phenoxy) is 1.